The van der Waals surface area contributed by atoms with Crippen LogP contribution in [0.3, 0.4) is 0 Å². The predicted molar refractivity (Wildman–Crippen MR) is 127 cm³/mol. The molecular weight excluding hydrogens is 448 g/mol. The number of hydrogen-bond acceptors (Lipinski definition) is 7. The molecule has 0 aliphatic carbocycles. The first kappa shape index (κ1) is 22.3. The third kappa shape index (κ3) is 4.36. The number of hydrogen-bond donors (Lipinski definition) is 0. The summed E-state index contributed by atoms with van der Waals surface area (Å²) in [6, 6.07) is 12.8. The maximum absolute atomic E-state index is 12.8. The van der Waals surface area contributed by atoms with Gasteiger partial charge in [-0.2, -0.15) is 0 Å². The molecule has 0 saturated heterocycles. The third-order valence-electron chi connectivity index (χ3n) is 5.16. The van der Waals surface area contributed by atoms with Gasteiger partial charge in [-0.3, -0.25) is 0 Å². The molecule has 2 heterocycles. The number of fused-ring (bicyclic) bond motifs is 1. The number of carbonyl (C=O) groups is 1. The largest absolute Gasteiger partial charge is 0.493 e. The molecule has 0 saturated carbocycles. The molecule has 4 rings (SSSR count). The second-order valence-corrected chi connectivity index (χ2v) is 8.40. The molecule has 0 amide bonds. The number of thioether (sulfide) groups is 1. The van der Waals surface area contributed by atoms with E-state index in [9.17, 15) is 4.79 Å². The van der Waals surface area contributed by atoms with Gasteiger partial charge < -0.3 is 19.1 Å². The normalized spacial score (nSPS) is 17.2. The number of aliphatic imine (C=N–C) groups is 1. The van der Waals surface area contributed by atoms with E-state index < -0.39 is 0 Å². The molecule has 0 bridgehead atoms. The molecule has 166 valence electrons. The highest BCUT2D eigenvalue weighted by Gasteiger charge is 2.37. The highest BCUT2D eigenvalue weighted by atomic mass is 35.5. The molecule has 0 radical (unpaired) electrons. The Labute approximate surface area is 196 Å². The Kier molecular flexibility index (Phi) is 6.77. The van der Waals surface area contributed by atoms with E-state index in [0.717, 1.165) is 16.3 Å². The number of ether oxygens (including phenoxy) is 3. The van der Waals surface area contributed by atoms with Crippen molar-refractivity contribution in [1.82, 2.24) is 4.90 Å². The zero-order chi connectivity index (χ0) is 22.7. The quantitative estimate of drug-likeness (QED) is 0.484. The average molecular weight is 471 g/mol. The molecule has 1 atom stereocenters. The zero-order valence-corrected chi connectivity index (χ0v) is 19.6. The van der Waals surface area contributed by atoms with Crippen molar-refractivity contribution >= 4 is 34.5 Å². The average Bonchev–Trinajstić information content (AvgIpc) is 3.25. The summed E-state index contributed by atoms with van der Waals surface area (Å²) in [5.41, 5.74) is 2.91. The van der Waals surface area contributed by atoms with Crippen LogP contribution >= 0.6 is 23.4 Å². The lowest BCUT2D eigenvalue weighted by molar-refractivity contribution is -0.139. The molecule has 0 fully saturated rings. The highest BCUT2D eigenvalue weighted by molar-refractivity contribution is 8.16. The first-order chi connectivity index (χ1) is 15.5. The smallest absolute Gasteiger partial charge is 0.338 e. The van der Waals surface area contributed by atoms with Gasteiger partial charge in [-0.05, 0) is 43.0 Å². The van der Waals surface area contributed by atoms with Gasteiger partial charge in [0.15, 0.2) is 16.7 Å². The Morgan fingerprint density at radius 1 is 1.22 bits per heavy atom. The lowest BCUT2D eigenvalue weighted by Gasteiger charge is -2.33. The summed E-state index contributed by atoms with van der Waals surface area (Å²) in [5, 5.41) is 3.42. The van der Waals surface area contributed by atoms with Crippen LogP contribution in [0.4, 0.5) is 0 Å². The Morgan fingerprint density at radius 2 is 2.03 bits per heavy atom. The number of carbonyl (C=O) groups excluding carboxylic acids is 1. The molecule has 2 aromatic carbocycles. The second-order valence-electron chi connectivity index (χ2n) is 7.12. The van der Waals surface area contributed by atoms with Gasteiger partial charge in [-0.25, -0.2) is 9.79 Å². The van der Waals surface area contributed by atoms with E-state index in [-0.39, 0.29) is 12.0 Å². The van der Waals surface area contributed by atoms with E-state index in [1.165, 1.54) is 11.8 Å². The van der Waals surface area contributed by atoms with Gasteiger partial charge in [0, 0.05) is 16.8 Å². The standard InChI is InChI=1S/C24H23ClN2O4S/c1-4-30-23(28)21-15(2)26-24-27(11-12-32-24)22(21)16-9-10-19(20(13-16)29-3)31-14-17-7-5-6-8-18(17)25/h5-13,22H,4,14H2,1-3H3/t22-/m0/s1. The Bertz CT molecular complexity index is 1130. The molecule has 0 spiro atoms. The minimum Gasteiger partial charge on any atom is -0.493 e. The molecule has 2 aromatic rings. The summed E-state index contributed by atoms with van der Waals surface area (Å²) in [4.78, 5) is 19.4. The van der Waals surface area contributed by atoms with Crippen LogP contribution in [-0.4, -0.2) is 29.8 Å². The van der Waals surface area contributed by atoms with Crippen LogP contribution in [0.5, 0.6) is 11.5 Å². The van der Waals surface area contributed by atoms with Crippen LogP contribution in [0.25, 0.3) is 0 Å². The number of methoxy groups -OCH3 is 1. The molecule has 0 unspecified atom stereocenters. The predicted octanol–water partition coefficient (Wildman–Crippen LogP) is 5.70. The van der Waals surface area contributed by atoms with Crippen molar-refractivity contribution in [3.05, 3.63) is 81.5 Å². The van der Waals surface area contributed by atoms with Crippen molar-refractivity contribution in [1.29, 1.82) is 0 Å². The van der Waals surface area contributed by atoms with E-state index >= 15 is 0 Å². The summed E-state index contributed by atoms with van der Waals surface area (Å²) >= 11 is 7.76. The van der Waals surface area contributed by atoms with Gasteiger partial charge in [0.05, 0.1) is 31.0 Å². The van der Waals surface area contributed by atoms with Gasteiger partial charge in [0.1, 0.15) is 6.61 Å². The number of rotatable bonds is 7. The topological polar surface area (TPSA) is 60.4 Å². The van der Waals surface area contributed by atoms with E-state index in [1.54, 1.807) is 14.0 Å². The Hall–Kier alpha value is -2.90. The SMILES string of the molecule is CCOC(=O)C1=C(C)N=C2SC=CN2[C@H]1c1ccc(OCc2ccccc2Cl)c(OC)c1. The summed E-state index contributed by atoms with van der Waals surface area (Å²) < 4.78 is 16.9. The fourth-order valence-electron chi connectivity index (χ4n) is 3.64. The maximum atomic E-state index is 12.8. The van der Waals surface area contributed by atoms with Gasteiger partial charge >= 0.3 is 5.97 Å². The summed E-state index contributed by atoms with van der Waals surface area (Å²) in [5.74, 6) is 0.780. The Morgan fingerprint density at radius 3 is 2.78 bits per heavy atom. The summed E-state index contributed by atoms with van der Waals surface area (Å²) in [6.45, 7) is 4.23. The summed E-state index contributed by atoms with van der Waals surface area (Å²) in [6.07, 6.45) is 1.92. The van der Waals surface area contributed by atoms with E-state index in [1.807, 2.05) is 65.9 Å². The maximum Gasteiger partial charge on any atom is 0.338 e. The number of halogens is 1. The molecular formula is C24H23ClN2O4S. The van der Waals surface area contributed by atoms with Gasteiger partial charge in [0.2, 0.25) is 0 Å². The number of esters is 1. The number of allylic oxidation sites excluding steroid dienone is 1. The highest BCUT2D eigenvalue weighted by Crippen LogP contribution is 2.43. The van der Waals surface area contributed by atoms with Crippen LogP contribution in [0, 0.1) is 0 Å². The number of benzene rings is 2. The van der Waals surface area contributed by atoms with Crippen LogP contribution in [-0.2, 0) is 16.1 Å². The molecule has 0 N–H and O–H groups in total. The third-order valence-corrected chi connectivity index (χ3v) is 6.30. The molecule has 32 heavy (non-hydrogen) atoms. The van der Waals surface area contributed by atoms with Crippen LogP contribution in [0.15, 0.2) is 70.3 Å². The first-order valence-corrected chi connectivity index (χ1v) is 11.4. The van der Waals surface area contributed by atoms with Crippen molar-refractivity contribution in [3.63, 3.8) is 0 Å². The van der Waals surface area contributed by atoms with Crippen molar-refractivity contribution in [3.8, 4) is 11.5 Å². The second kappa shape index (κ2) is 9.71. The van der Waals surface area contributed by atoms with E-state index in [0.29, 0.717) is 41.0 Å². The minimum absolute atomic E-state index is 0.293. The van der Waals surface area contributed by atoms with Crippen molar-refractivity contribution < 1.29 is 19.0 Å². The number of amidine groups is 1. The molecule has 6 nitrogen and oxygen atoms in total. The molecule has 0 aromatic heterocycles. The monoisotopic (exact) mass is 470 g/mol. The van der Waals surface area contributed by atoms with Gasteiger partial charge in [-0.1, -0.05) is 47.6 Å². The van der Waals surface area contributed by atoms with Gasteiger partial charge in [0.25, 0.3) is 0 Å². The van der Waals surface area contributed by atoms with Crippen molar-refractivity contribution in [2.24, 2.45) is 4.99 Å². The van der Waals surface area contributed by atoms with Crippen molar-refractivity contribution in [2.45, 2.75) is 26.5 Å². The van der Waals surface area contributed by atoms with Gasteiger partial charge in [-0.15, -0.1) is 0 Å². The lowest BCUT2D eigenvalue weighted by atomic mass is 9.94. The van der Waals surface area contributed by atoms with E-state index in [2.05, 4.69) is 4.99 Å². The van der Waals surface area contributed by atoms with Crippen molar-refractivity contribution in [2.75, 3.05) is 13.7 Å². The summed E-state index contributed by atoms with van der Waals surface area (Å²) in [7, 11) is 1.59. The molecule has 2 aliphatic heterocycles. The molecule has 8 heteroatoms. The number of nitrogens with zero attached hydrogens (tertiary/aromatic N) is 2. The van der Waals surface area contributed by atoms with Crippen LogP contribution in [0.2, 0.25) is 5.02 Å². The first-order valence-electron chi connectivity index (χ1n) is 10.2. The fourth-order valence-corrected chi connectivity index (χ4v) is 4.62. The molecule has 2 aliphatic rings. The van der Waals surface area contributed by atoms with Crippen LogP contribution < -0.4 is 9.47 Å². The van der Waals surface area contributed by atoms with E-state index in [4.69, 9.17) is 25.8 Å². The zero-order valence-electron chi connectivity index (χ0n) is 18.0. The lowest BCUT2D eigenvalue weighted by Crippen LogP contribution is -2.34. The van der Waals surface area contributed by atoms with Crippen LogP contribution in [0.1, 0.15) is 31.0 Å². The minimum atomic E-state index is -0.376. The Balaban J connectivity index is 1.67. The fraction of sp³-hybridized carbons (Fsp3) is 0.250.